The molecule has 0 radical (unpaired) electrons. The minimum Gasteiger partial charge on any atom is -0.464 e. The second kappa shape index (κ2) is 6.76. The van der Waals surface area contributed by atoms with Gasteiger partial charge in [0.15, 0.2) is 0 Å². The summed E-state index contributed by atoms with van der Waals surface area (Å²) in [4.78, 5) is 25.0. The Morgan fingerprint density at radius 1 is 0.818 bits per heavy atom. The summed E-state index contributed by atoms with van der Waals surface area (Å²) >= 11 is 0. The standard InChI is InChI=1S/C23H15BF2N4O3/c25-24(26)29-16(9-11-19(29)27-13-3-1-7-21(27)31)23(18-6-5-15-33-18)17-10-12-20(30(17)24)28-14-4-2-8-22(28)32/h1-15H. The zero-order chi connectivity index (χ0) is 22.7. The molecule has 2 aliphatic rings. The second-order valence-corrected chi connectivity index (χ2v) is 7.65. The lowest BCUT2D eigenvalue weighted by molar-refractivity contribution is -0.363. The fourth-order valence-electron chi connectivity index (χ4n) is 4.48. The van der Waals surface area contributed by atoms with E-state index in [0.717, 1.165) is 8.96 Å². The highest BCUT2D eigenvalue weighted by atomic mass is 19.2. The molecule has 162 valence electrons. The molecule has 0 saturated heterocycles. The van der Waals surface area contributed by atoms with Gasteiger partial charge in [-0.2, -0.15) is 4.57 Å². The van der Waals surface area contributed by atoms with Crippen LogP contribution in [0, 0.1) is 0 Å². The predicted molar refractivity (Wildman–Crippen MR) is 119 cm³/mol. The van der Waals surface area contributed by atoms with Crippen LogP contribution in [-0.2, 0) is 0 Å². The van der Waals surface area contributed by atoms with Gasteiger partial charge in [0.2, 0.25) is 5.84 Å². The van der Waals surface area contributed by atoms with Crippen molar-refractivity contribution in [2.24, 2.45) is 0 Å². The molecule has 7 nitrogen and oxygen atoms in total. The molecule has 0 atom stereocenters. The Labute approximate surface area is 185 Å². The van der Waals surface area contributed by atoms with E-state index in [4.69, 9.17) is 4.42 Å². The minimum absolute atomic E-state index is 0.00960. The van der Waals surface area contributed by atoms with Crippen LogP contribution in [0.3, 0.4) is 0 Å². The van der Waals surface area contributed by atoms with Crippen LogP contribution in [0.2, 0.25) is 0 Å². The molecule has 0 spiro atoms. The molecular formula is C23H15BF2N4O3. The lowest BCUT2D eigenvalue weighted by Crippen LogP contribution is -2.53. The van der Waals surface area contributed by atoms with Gasteiger partial charge in [-0.05, 0) is 42.5 Å². The normalized spacial score (nSPS) is 16.3. The molecule has 6 rings (SSSR count). The van der Waals surface area contributed by atoms with Crippen molar-refractivity contribution in [3.05, 3.63) is 129 Å². The first-order chi connectivity index (χ1) is 16.0. The number of furan rings is 1. The molecule has 0 saturated carbocycles. The lowest BCUT2D eigenvalue weighted by atomic mass is 9.87. The first-order valence-corrected chi connectivity index (χ1v) is 10.2. The van der Waals surface area contributed by atoms with E-state index in [2.05, 4.69) is 0 Å². The molecule has 33 heavy (non-hydrogen) atoms. The predicted octanol–water partition coefficient (Wildman–Crippen LogP) is 2.92. The van der Waals surface area contributed by atoms with Crippen LogP contribution in [0.15, 0.2) is 111 Å². The van der Waals surface area contributed by atoms with Gasteiger partial charge < -0.3 is 22.0 Å². The van der Waals surface area contributed by atoms with Crippen molar-refractivity contribution in [3.8, 4) is 5.82 Å². The van der Waals surface area contributed by atoms with Crippen molar-refractivity contribution >= 4 is 18.4 Å². The maximum Gasteiger partial charge on any atom is 0.640 e. The van der Waals surface area contributed by atoms with Crippen LogP contribution in [0.4, 0.5) is 8.63 Å². The molecule has 0 bridgehead atoms. The lowest BCUT2D eigenvalue weighted by Gasteiger charge is -2.36. The Morgan fingerprint density at radius 2 is 1.55 bits per heavy atom. The van der Waals surface area contributed by atoms with Crippen LogP contribution >= 0.6 is 0 Å². The molecule has 4 aromatic heterocycles. The van der Waals surface area contributed by atoms with E-state index in [9.17, 15) is 9.59 Å². The van der Waals surface area contributed by atoms with Crippen LogP contribution in [0.5, 0.6) is 0 Å². The molecule has 0 amide bonds. The number of nitrogens with zero attached hydrogens (tertiary/aromatic N) is 4. The third-order valence-corrected chi connectivity index (χ3v) is 5.83. The van der Waals surface area contributed by atoms with Gasteiger partial charge in [-0.1, -0.05) is 12.1 Å². The summed E-state index contributed by atoms with van der Waals surface area (Å²) in [5.41, 5.74) is -0.0421. The van der Waals surface area contributed by atoms with Gasteiger partial charge in [-0.25, -0.2) is 4.79 Å². The number of hydrogen-bond donors (Lipinski definition) is 0. The first-order valence-electron chi connectivity index (χ1n) is 10.2. The Hall–Kier alpha value is -4.47. The van der Waals surface area contributed by atoms with Crippen molar-refractivity contribution in [2.45, 2.75) is 0 Å². The van der Waals surface area contributed by atoms with Crippen LogP contribution in [-0.4, -0.2) is 30.9 Å². The topological polar surface area (TPSA) is 65.1 Å². The van der Waals surface area contributed by atoms with Crippen molar-refractivity contribution in [3.63, 3.8) is 0 Å². The Morgan fingerprint density at radius 3 is 2.21 bits per heavy atom. The Bertz CT molecular complexity index is 1640. The summed E-state index contributed by atoms with van der Waals surface area (Å²) in [6.45, 7) is -4.50. The van der Waals surface area contributed by atoms with Gasteiger partial charge >= 0.3 is 12.5 Å². The molecule has 10 heteroatoms. The third-order valence-electron chi connectivity index (χ3n) is 5.83. The van der Waals surface area contributed by atoms with Gasteiger partial charge in [-0.15, -0.1) is 0 Å². The van der Waals surface area contributed by atoms with Crippen molar-refractivity contribution < 1.29 is 17.5 Å². The highest BCUT2D eigenvalue weighted by Crippen LogP contribution is 2.41. The van der Waals surface area contributed by atoms with Crippen LogP contribution in [0.25, 0.3) is 11.4 Å². The van der Waals surface area contributed by atoms with Crippen molar-refractivity contribution in [2.75, 3.05) is 0 Å². The van der Waals surface area contributed by atoms with E-state index >= 15 is 8.63 Å². The molecule has 0 aromatic carbocycles. The summed E-state index contributed by atoms with van der Waals surface area (Å²) in [6.07, 6.45) is 7.38. The van der Waals surface area contributed by atoms with E-state index in [-0.39, 0.29) is 23.0 Å². The number of hydrogen-bond acceptors (Lipinski definition) is 3. The zero-order valence-electron chi connectivity index (χ0n) is 17.0. The number of rotatable bonds is 2. The van der Waals surface area contributed by atoms with E-state index in [1.807, 2.05) is 0 Å². The van der Waals surface area contributed by atoms with Gasteiger partial charge in [0, 0.05) is 30.1 Å². The fourth-order valence-corrected chi connectivity index (χ4v) is 4.48. The molecule has 6 heterocycles. The van der Waals surface area contributed by atoms with Crippen LogP contribution in [0.1, 0.15) is 11.5 Å². The van der Waals surface area contributed by atoms with Gasteiger partial charge in [0.25, 0.3) is 5.56 Å². The molecular weight excluding hydrogens is 429 g/mol. The Kier molecular flexibility index (Phi) is 3.94. The van der Waals surface area contributed by atoms with Crippen LogP contribution < -0.4 is 11.1 Å². The molecule has 0 aliphatic carbocycles. The highest BCUT2D eigenvalue weighted by Gasteiger charge is 2.51. The van der Waals surface area contributed by atoms with Crippen molar-refractivity contribution in [1.82, 2.24) is 13.6 Å². The number of aromatic nitrogens is 3. The maximum atomic E-state index is 16.3. The maximum absolute atomic E-state index is 16.3. The average molecular weight is 444 g/mol. The van der Waals surface area contributed by atoms with Gasteiger partial charge in [0.1, 0.15) is 5.76 Å². The van der Waals surface area contributed by atoms with E-state index < -0.39 is 18.1 Å². The molecule has 0 unspecified atom stereocenters. The largest absolute Gasteiger partial charge is 0.640 e. The van der Waals surface area contributed by atoms with E-state index in [1.54, 1.807) is 48.5 Å². The van der Waals surface area contributed by atoms with Gasteiger partial charge in [-0.3, -0.25) is 9.36 Å². The molecule has 4 aromatic rings. The number of pyridine rings is 2. The minimum atomic E-state index is -4.50. The fraction of sp³-hybridized carbons (Fsp3) is 0. The van der Waals surface area contributed by atoms with Gasteiger partial charge in [0.05, 0.1) is 29.5 Å². The summed E-state index contributed by atoms with van der Waals surface area (Å²) in [7, 11) is 0. The zero-order valence-corrected chi connectivity index (χ0v) is 17.0. The SMILES string of the molecule is O=c1ccccn1C1=[N+]2C(=C(c3ccco3)c3ccc(-n4ccccc4=O)n3[B-]2(F)F)C=C1. The average Bonchev–Trinajstić information content (AvgIpc) is 3.55. The molecule has 0 fully saturated rings. The summed E-state index contributed by atoms with van der Waals surface area (Å²) < 4.78 is 42.3. The summed E-state index contributed by atoms with van der Waals surface area (Å²) in [5.74, 6) is 0.407. The highest BCUT2D eigenvalue weighted by molar-refractivity contribution is 6.58. The monoisotopic (exact) mass is 444 g/mol. The quantitative estimate of drug-likeness (QED) is 0.447. The number of fused-ring (bicyclic) bond motifs is 2. The summed E-state index contributed by atoms with van der Waals surface area (Å²) in [6, 6.07) is 15.3. The second-order valence-electron chi connectivity index (χ2n) is 7.65. The molecule has 2 aliphatic heterocycles. The van der Waals surface area contributed by atoms with E-state index in [1.165, 1.54) is 52.1 Å². The van der Waals surface area contributed by atoms with Crippen molar-refractivity contribution in [1.29, 1.82) is 0 Å². The number of halogens is 2. The third kappa shape index (κ3) is 2.64. The molecule has 0 N–H and O–H groups in total. The first kappa shape index (κ1) is 19.2. The summed E-state index contributed by atoms with van der Waals surface area (Å²) in [5, 5.41) is 0. The number of allylic oxidation sites excluding steroid dienone is 2. The smallest absolute Gasteiger partial charge is 0.464 e. The van der Waals surface area contributed by atoms with E-state index in [0.29, 0.717) is 11.3 Å². The Balaban J connectivity index is 1.74.